The van der Waals surface area contributed by atoms with E-state index in [1.54, 1.807) is 6.33 Å². The van der Waals surface area contributed by atoms with E-state index in [-0.39, 0.29) is 0 Å². The summed E-state index contributed by atoms with van der Waals surface area (Å²) in [5, 5.41) is 1.07. The van der Waals surface area contributed by atoms with Crippen LogP contribution in [0.1, 0.15) is 5.56 Å². The molecule has 0 atom stereocenters. The molecule has 0 amide bonds. The first-order valence-corrected chi connectivity index (χ1v) is 5.20. The lowest BCUT2D eigenvalue weighted by atomic mass is 10.0. The van der Waals surface area contributed by atoms with E-state index in [4.69, 9.17) is 0 Å². The predicted molar refractivity (Wildman–Crippen MR) is 64.1 cm³/mol. The molecule has 0 bridgehead atoms. The average Bonchev–Trinajstić information content (AvgIpc) is 2.77. The molecule has 0 saturated heterocycles. The summed E-state index contributed by atoms with van der Waals surface area (Å²) < 4.78 is 0. The van der Waals surface area contributed by atoms with Gasteiger partial charge in [-0.2, -0.15) is 0 Å². The van der Waals surface area contributed by atoms with Crippen LogP contribution in [0.4, 0.5) is 0 Å². The molecule has 0 aliphatic rings. The molecule has 16 heavy (non-hydrogen) atoms. The maximum Gasteiger partial charge on any atom is 0.141 e. The number of nitrogens with zero attached hydrogens (tertiary/aromatic N) is 2. The molecule has 2 aromatic heterocycles. The van der Waals surface area contributed by atoms with Gasteiger partial charge in [-0.05, 0) is 18.6 Å². The highest BCUT2D eigenvalue weighted by atomic mass is 14.9. The van der Waals surface area contributed by atoms with Crippen LogP contribution in [0.15, 0.2) is 42.9 Å². The van der Waals surface area contributed by atoms with E-state index >= 15 is 0 Å². The maximum absolute atomic E-state index is 4.38. The number of nitrogens with one attached hydrogen (secondary N) is 1. The summed E-state index contributed by atoms with van der Waals surface area (Å²) in [5.41, 5.74) is 4.26. The molecule has 3 heteroatoms. The lowest BCUT2D eigenvalue weighted by Gasteiger charge is -2.05. The summed E-state index contributed by atoms with van der Waals surface area (Å²) >= 11 is 0. The van der Waals surface area contributed by atoms with E-state index in [1.807, 2.05) is 24.4 Å². The van der Waals surface area contributed by atoms with Crippen molar-refractivity contribution in [1.82, 2.24) is 15.0 Å². The number of aryl methyl sites for hydroxylation is 1. The first kappa shape index (κ1) is 9.09. The second-order valence-electron chi connectivity index (χ2n) is 3.78. The van der Waals surface area contributed by atoms with Gasteiger partial charge in [0, 0.05) is 17.1 Å². The minimum Gasteiger partial charge on any atom is -0.346 e. The quantitative estimate of drug-likeness (QED) is 0.669. The third-order valence-electron chi connectivity index (χ3n) is 2.75. The molecule has 3 nitrogen and oxygen atoms in total. The van der Waals surface area contributed by atoms with Crippen LogP contribution in [0.2, 0.25) is 0 Å². The van der Waals surface area contributed by atoms with Crippen LogP contribution in [0.3, 0.4) is 0 Å². The van der Waals surface area contributed by atoms with Gasteiger partial charge in [0.25, 0.3) is 0 Å². The van der Waals surface area contributed by atoms with Gasteiger partial charge in [0.05, 0.1) is 5.69 Å². The van der Waals surface area contributed by atoms with Gasteiger partial charge in [-0.25, -0.2) is 9.97 Å². The van der Waals surface area contributed by atoms with Crippen LogP contribution < -0.4 is 0 Å². The Morgan fingerprint density at radius 2 is 1.94 bits per heavy atom. The fraction of sp³-hybridized carbons (Fsp3) is 0.0769. The molecule has 0 radical (unpaired) electrons. The second-order valence-corrected chi connectivity index (χ2v) is 3.78. The highest BCUT2D eigenvalue weighted by Gasteiger charge is 2.08. The zero-order chi connectivity index (χ0) is 11.0. The van der Waals surface area contributed by atoms with Crippen LogP contribution >= 0.6 is 0 Å². The Hall–Kier alpha value is -2.16. The van der Waals surface area contributed by atoms with Crippen molar-refractivity contribution in [3.8, 4) is 11.3 Å². The van der Waals surface area contributed by atoms with Crippen LogP contribution in [0.5, 0.6) is 0 Å². The predicted octanol–water partition coefficient (Wildman–Crippen LogP) is 2.93. The number of rotatable bonds is 1. The second kappa shape index (κ2) is 3.45. The molecule has 0 unspecified atom stereocenters. The molecule has 1 N–H and O–H groups in total. The van der Waals surface area contributed by atoms with Crippen LogP contribution in [0, 0.1) is 6.92 Å². The molecule has 2 heterocycles. The van der Waals surface area contributed by atoms with Crippen molar-refractivity contribution in [1.29, 1.82) is 0 Å². The van der Waals surface area contributed by atoms with E-state index < -0.39 is 0 Å². The number of hydrogen-bond donors (Lipinski definition) is 1. The highest BCUT2D eigenvalue weighted by molar-refractivity contribution is 5.91. The Morgan fingerprint density at radius 1 is 1.06 bits per heavy atom. The van der Waals surface area contributed by atoms with Crippen LogP contribution in [-0.4, -0.2) is 15.0 Å². The molecular formula is C13H11N3. The Kier molecular flexibility index (Phi) is 1.96. The molecule has 0 saturated carbocycles. The molecule has 78 valence electrons. The van der Waals surface area contributed by atoms with Crippen molar-refractivity contribution in [2.45, 2.75) is 6.92 Å². The SMILES string of the molecule is Cc1ccccc1-c1ncnc2[nH]ccc12. The van der Waals surface area contributed by atoms with Gasteiger partial charge < -0.3 is 4.98 Å². The van der Waals surface area contributed by atoms with Gasteiger partial charge in [0.2, 0.25) is 0 Å². The van der Waals surface area contributed by atoms with Gasteiger partial charge in [-0.3, -0.25) is 0 Å². The maximum atomic E-state index is 4.38. The Labute approximate surface area is 93.2 Å². The van der Waals surface area contributed by atoms with E-state index in [2.05, 4.69) is 34.0 Å². The van der Waals surface area contributed by atoms with Gasteiger partial charge in [-0.1, -0.05) is 24.3 Å². The Morgan fingerprint density at radius 3 is 2.81 bits per heavy atom. The monoisotopic (exact) mass is 209 g/mol. The standard InChI is InChI=1S/C13H11N3/c1-9-4-2-3-5-10(9)12-11-6-7-14-13(11)16-8-15-12/h2-8H,1H3,(H,14,15,16). The summed E-state index contributed by atoms with van der Waals surface area (Å²) in [5.74, 6) is 0. The Balaban J connectivity index is 2.34. The molecule has 0 fully saturated rings. The smallest absolute Gasteiger partial charge is 0.141 e. The van der Waals surface area contributed by atoms with Crippen molar-refractivity contribution in [2.24, 2.45) is 0 Å². The first-order valence-electron chi connectivity index (χ1n) is 5.20. The molecule has 3 rings (SSSR count). The molecular weight excluding hydrogens is 198 g/mol. The van der Waals surface area contributed by atoms with Gasteiger partial charge in [0.1, 0.15) is 12.0 Å². The lowest BCUT2D eigenvalue weighted by Crippen LogP contribution is -1.89. The summed E-state index contributed by atoms with van der Waals surface area (Å²) in [7, 11) is 0. The molecule has 0 spiro atoms. The van der Waals surface area contributed by atoms with E-state index in [9.17, 15) is 0 Å². The third kappa shape index (κ3) is 1.29. The van der Waals surface area contributed by atoms with Gasteiger partial charge in [0.15, 0.2) is 0 Å². The van der Waals surface area contributed by atoms with Gasteiger partial charge >= 0.3 is 0 Å². The molecule has 3 aromatic rings. The van der Waals surface area contributed by atoms with Gasteiger partial charge in [-0.15, -0.1) is 0 Å². The summed E-state index contributed by atoms with van der Waals surface area (Å²) in [6.07, 6.45) is 3.49. The minimum absolute atomic E-state index is 0.883. The van der Waals surface area contributed by atoms with Crippen molar-refractivity contribution < 1.29 is 0 Å². The zero-order valence-corrected chi connectivity index (χ0v) is 8.94. The summed E-state index contributed by atoms with van der Waals surface area (Å²) in [6.45, 7) is 2.09. The van der Waals surface area contributed by atoms with E-state index in [0.29, 0.717) is 0 Å². The minimum atomic E-state index is 0.883. The van der Waals surface area contributed by atoms with E-state index in [0.717, 1.165) is 22.3 Å². The van der Waals surface area contributed by atoms with Crippen molar-refractivity contribution in [3.05, 3.63) is 48.4 Å². The van der Waals surface area contributed by atoms with Crippen molar-refractivity contribution >= 4 is 11.0 Å². The number of H-pyrrole nitrogens is 1. The number of hydrogen-bond acceptors (Lipinski definition) is 2. The lowest BCUT2D eigenvalue weighted by molar-refractivity contribution is 1.20. The molecule has 1 aromatic carbocycles. The van der Waals surface area contributed by atoms with Crippen molar-refractivity contribution in [3.63, 3.8) is 0 Å². The average molecular weight is 209 g/mol. The number of aromatic amines is 1. The molecule has 0 aliphatic heterocycles. The summed E-state index contributed by atoms with van der Waals surface area (Å²) in [4.78, 5) is 11.7. The topological polar surface area (TPSA) is 41.6 Å². The highest BCUT2D eigenvalue weighted by Crippen LogP contribution is 2.26. The fourth-order valence-corrected chi connectivity index (χ4v) is 1.93. The molecule has 0 aliphatic carbocycles. The van der Waals surface area contributed by atoms with Crippen LogP contribution in [0.25, 0.3) is 22.3 Å². The van der Waals surface area contributed by atoms with E-state index in [1.165, 1.54) is 5.56 Å². The summed E-state index contributed by atoms with van der Waals surface area (Å²) in [6, 6.07) is 10.3. The largest absolute Gasteiger partial charge is 0.346 e. The van der Waals surface area contributed by atoms with Crippen molar-refractivity contribution in [2.75, 3.05) is 0 Å². The number of fused-ring (bicyclic) bond motifs is 1. The van der Waals surface area contributed by atoms with Crippen LogP contribution in [-0.2, 0) is 0 Å². The first-order chi connectivity index (χ1) is 7.86. The normalized spacial score (nSPS) is 10.8. The Bertz CT molecular complexity index is 640. The zero-order valence-electron chi connectivity index (χ0n) is 8.94. The number of aromatic nitrogens is 3. The number of benzene rings is 1. The fourth-order valence-electron chi connectivity index (χ4n) is 1.93. The third-order valence-corrected chi connectivity index (χ3v) is 2.75.